The predicted molar refractivity (Wildman–Crippen MR) is 88.3 cm³/mol. The lowest BCUT2D eigenvalue weighted by molar-refractivity contribution is 0.0751. The second kappa shape index (κ2) is 6.39. The fourth-order valence-electron chi connectivity index (χ4n) is 2.74. The van der Waals surface area contributed by atoms with Gasteiger partial charge in [-0.15, -0.1) is 11.3 Å². The minimum atomic E-state index is -0.384. The van der Waals surface area contributed by atoms with Crippen LogP contribution in [0.2, 0.25) is 0 Å². The number of aryl methyl sites for hydroxylation is 1. The third kappa shape index (κ3) is 3.06. The molecule has 6 heteroatoms. The van der Waals surface area contributed by atoms with Crippen LogP contribution in [0.15, 0.2) is 29.6 Å². The molecule has 4 nitrogen and oxygen atoms in total. The fourth-order valence-corrected chi connectivity index (χ4v) is 3.43. The van der Waals surface area contributed by atoms with Gasteiger partial charge in [-0.3, -0.25) is 4.79 Å². The highest BCUT2D eigenvalue weighted by Crippen LogP contribution is 2.25. The van der Waals surface area contributed by atoms with Crippen LogP contribution in [-0.4, -0.2) is 37.0 Å². The predicted octanol–water partition coefficient (Wildman–Crippen LogP) is 3.03. The molecule has 1 amide bonds. The molecule has 0 N–H and O–H groups in total. The van der Waals surface area contributed by atoms with Gasteiger partial charge in [-0.25, -0.2) is 4.39 Å². The molecule has 0 spiro atoms. The van der Waals surface area contributed by atoms with Crippen LogP contribution in [0.3, 0.4) is 0 Å². The molecule has 0 bridgehead atoms. The first-order chi connectivity index (χ1) is 11.1. The molecule has 0 atom stereocenters. The van der Waals surface area contributed by atoms with Crippen molar-refractivity contribution < 1.29 is 9.18 Å². The first-order valence-corrected chi connectivity index (χ1v) is 8.26. The number of carbonyl (C=O) groups is 1. The Bertz CT molecular complexity index is 759. The second-order valence-corrected chi connectivity index (χ2v) is 6.43. The van der Waals surface area contributed by atoms with Crippen molar-refractivity contribution in [3.63, 3.8) is 0 Å². The first kappa shape index (κ1) is 15.5. The number of benzene rings is 1. The number of anilines is 1. The van der Waals surface area contributed by atoms with E-state index in [-0.39, 0.29) is 11.7 Å². The minimum Gasteiger partial charge on any atom is -0.366 e. The van der Waals surface area contributed by atoms with Crippen molar-refractivity contribution in [2.75, 3.05) is 31.1 Å². The maximum Gasteiger partial charge on any atom is 0.264 e. The molecule has 118 valence electrons. The highest BCUT2D eigenvalue weighted by molar-refractivity contribution is 7.12. The van der Waals surface area contributed by atoms with Crippen molar-refractivity contribution in [2.45, 2.75) is 6.92 Å². The SMILES string of the molecule is Cc1cc(N2CCN(C(=O)c3cccs3)CC2)c(F)cc1C#N. The van der Waals surface area contributed by atoms with Gasteiger partial charge in [0.2, 0.25) is 0 Å². The van der Waals surface area contributed by atoms with Gasteiger partial charge in [0.25, 0.3) is 5.91 Å². The van der Waals surface area contributed by atoms with Gasteiger partial charge in [0, 0.05) is 26.2 Å². The summed E-state index contributed by atoms with van der Waals surface area (Å²) in [5, 5.41) is 10.8. The summed E-state index contributed by atoms with van der Waals surface area (Å²) < 4.78 is 14.2. The molecule has 0 saturated carbocycles. The van der Waals surface area contributed by atoms with E-state index in [9.17, 15) is 9.18 Å². The molecule has 1 saturated heterocycles. The number of rotatable bonds is 2. The summed E-state index contributed by atoms with van der Waals surface area (Å²) in [5.41, 5.74) is 1.63. The average molecular weight is 329 g/mol. The quantitative estimate of drug-likeness (QED) is 0.851. The molecule has 0 radical (unpaired) electrons. The van der Waals surface area contributed by atoms with Crippen LogP contribution in [0.1, 0.15) is 20.8 Å². The van der Waals surface area contributed by atoms with Crippen LogP contribution in [0, 0.1) is 24.1 Å². The van der Waals surface area contributed by atoms with Crippen LogP contribution < -0.4 is 4.90 Å². The van der Waals surface area contributed by atoms with E-state index in [0.29, 0.717) is 37.4 Å². The van der Waals surface area contributed by atoms with E-state index in [1.54, 1.807) is 17.9 Å². The average Bonchev–Trinajstić information content (AvgIpc) is 3.10. The van der Waals surface area contributed by atoms with Crippen molar-refractivity contribution in [2.24, 2.45) is 0 Å². The van der Waals surface area contributed by atoms with E-state index in [1.165, 1.54) is 17.4 Å². The van der Waals surface area contributed by atoms with Crippen LogP contribution >= 0.6 is 11.3 Å². The third-order valence-electron chi connectivity index (χ3n) is 4.05. The number of nitriles is 1. The smallest absolute Gasteiger partial charge is 0.264 e. The number of nitrogens with zero attached hydrogens (tertiary/aromatic N) is 3. The number of halogens is 1. The lowest BCUT2D eigenvalue weighted by Crippen LogP contribution is -2.48. The molecular formula is C17H16FN3OS. The maximum atomic E-state index is 14.2. The van der Waals surface area contributed by atoms with E-state index in [0.717, 1.165) is 10.4 Å². The van der Waals surface area contributed by atoms with Crippen LogP contribution in [0.5, 0.6) is 0 Å². The maximum absolute atomic E-state index is 14.2. The number of thiophene rings is 1. The van der Waals surface area contributed by atoms with Crippen molar-refractivity contribution in [1.82, 2.24) is 4.90 Å². The van der Waals surface area contributed by atoms with E-state index >= 15 is 0 Å². The summed E-state index contributed by atoms with van der Waals surface area (Å²) in [6.07, 6.45) is 0. The molecule has 23 heavy (non-hydrogen) atoms. The Morgan fingerprint density at radius 1 is 1.30 bits per heavy atom. The van der Waals surface area contributed by atoms with Crippen LogP contribution in [0.4, 0.5) is 10.1 Å². The normalized spacial score (nSPS) is 14.7. The molecule has 2 heterocycles. The molecule has 0 aliphatic carbocycles. The Labute approximate surface area is 138 Å². The number of piperazine rings is 1. The number of amides is 1. The minimum absolute atomic E-state index is 0.0381. The number of hydrogen-bond donors (Lipinski definition) is 0. The molecule has 1 aliphatic heterocycles. The Kier molecular flexibility index (Phi) is 4.30. The molecule has 1 fully saturated rings. The van der Waals surface area contributed by atoms with Gasteiger partial charge in [-0.05, 0) is 36.1 Å². The molecule has 1 aromatic carbocycles. The Balaban J connectivity index is 1.71. The number of hydrogen-bond acceptors (Lipinski definition) is 4. The first-order valence-electron chi connectivity index (χ1n) is 7.38. The van der Waals surface area contributed by atoms with E-state index in [4.69, 9.17) is 5.26 Å². The van der Waals surface area contributed by atoms with E-state index in [2.05, 4.69) is 0 Å². The summed E-state index contributed by atoms with van der Waals surface area (Å²) in [4.78, 5) is 16.8. The standard InChI is InChI=1S/C17H16FN3OS/c1-12-9-15(14(18)10-13(12)11-19)20-4-6-21(7-5-20)17(22)16-3-2-8-23-16/h2-3,8-10H,4-7H2,1H3. The summed E-state index contributed by atoms with van der Waals surface area (Å²) in [7, 11) is 0. The fraction of sp³-hybridized carbons (Fsp3) is 0.294. The largest absolute Gasteiger partial charge is 0.366 e. The van der Waals surface area contributed by atoms with Gasteiger partial charge in [0.15, 0.2) is 0 Å². The Hall–Kier alpha value is -2.39. The Morgan fingerprint density at radius 3 is 2.65 bits per heavy atom. The van der Waals surface area contributed by atoms with Crippen molar-refractivity contribution >= 4 is 22.9 Å². The monoisotopic (exact) mass is 329 g/mol. The highest BCUT2D eigenvalue weighted by Gasteiger charge is 2.24. The van der Waals surface area contributed by atoms with E-state index < -0.39 is 0 Å². The van der Waals surface area contributed by atoms with Crippen molar-refractivity contribution in [3.8, 4) is 6.07 Å². The zero-order chi connectivity index (χ0) is 16.4. The third-order valence-corrected chi connectivity index (χ3v) is 4.91. The highest BCUT2D eigenvalue weighted by atomic mass is 32.1. The van der Waals surface area contributed by atoms with Gasteiger partial charge >= 0.3 is 0 Å². The van der Waals surface area contributed by atoms with Crippen molar-refractivity contribution in [1.29, 1.82) is 5.26 Å². The Morgan fingerprint density at radius 2 is 2.04 bits per heavy atom. The summed E-state index contributed by atoms with van der Waals surface area (Å²) in [6.45, 7) is 4.10. The number of carbonyl (C=O) groups excluding carboxylic acids is 1. The molecule has 1 aromatic heterocycles. The zero-order valence-corrected chi connectivity index (χ0v) is 13.6. The van der Waals surface area contributed by atoms with Gasteiger partial charge < -0.3 is 9.80 Å². The lowest BCUT2D eigenvalue weighted by atomic mass is 10.1. The zero-order valence-electron chi connectivity index (χ0n) is 12.8. The van der Waals surface area contributed by atoms with Gasteiger partial charge in [-0.1, -0.05) is 6.07 Å². The van der Waals surface area contributed by atoms with Crippen LogP contribution in [-0.2, 0) is 0 Å². The van der Waals surface area contributed by atoms with Gasteiger partial charge in [-0.2, -0.15) is 5.26 Å². The molecule has 0 unspecified atom stereocenters. The van der Waals surface area contributed by atoms with Gasteiger partial charge in [0.05, 0.1) is 22.2 Å². The molecule has 2 aromatic rings. The van der Waals surface area contributed by atoms with E-state index in [1.807, 2.05) is 28.5 Å². The second-order valence-electron chi connectivity index (χ2n) is 5.49. The lowest BCUT2D eigenvalue weighted by Gasteiger charge is -2.36. The topological polar surface area (TPSA) is 47.3 Å². The summed E-state index contributed by atoms with van der Waals surface area (Å²) in [6, 6.07) is 8.68. The molecule has 1 aliphatic rings. The summed E-state index contributed by atoms with van der Waals surface area (Å²) in [5.74, 6) is -0.346. The molecule has 3 rings (SSSR count). The van der Waals surface area contributed by atoms with Crippen LogP contribution in [0.25, 0.3) is 0 Å². The molecular weight excluding hydrogens is 313 g/mol. The van der Waals surface area contributed by atoms with Gasteiger partial charge in [0.1, 0.15) is 5.82 Å². The van der Waals surface area contributed by atoms with Crippen molar-refractivity contribution in [3.05, 3.63) is 51.5 Å². The summed E-state index contributed by atoms with van der Waals surface area (Å²) >= 11 is 1.43.